The number of carbonyl (C=O) groups is 1. The number of nitrogens with zero attached hydrogens (tertiary/aromatic N) is 1. The van der Waals surface area contributed by atoms with Gasteiger partial charge in [0.15, 0.2) is 0 Å². The molecule has 0 radical (unpaired) electrons. The largest absolute Gasteiger partial charge is 0.481 e. The van der Waals surface area contributed by atoms with E-state index in [4.69, 9.17) is 4.18 Å². The maximum absolute atomic E-state index is 12.4. The summed E-state index contributed by atoms with van der Waals surface area (Å²) in [5.74, 6) is -1.73. The molecule has 3 atom stereocenters. The average molecular weight is 369 g/mol. The lowest BCUT2D eigenvalue weighted by atomic mass is 9.89. The molecule has 8 heteroatoms. The SMILES string of the molecule is Cc1ccc(S(=O)(=O)OC[C@H]2[C@@H](C(=O)O)C[C@@]3(CO)CCCN23)cc1. The van der Waals surface area contributed by atoms with E-state index in [0.29, 0.717) is 19.4 Å². The van der Waals surface area contributed by atoms with Crippen LogP contribution in [0.2, 0.25) is 0 Å². The van der Waals surface area contributed by atoms with Crippen LogP contribution in [0.1, 0.15) is 24.8 Å². The van der Waals surface area contributed by atoms with Crippen LogP contribution in [0.3, 0.4) is 0 Å². The molecule has 0 aromatic heterocycles. The predicted molar refractivity (Wildman–Crippen MR) is 89.6 cm³/mol. The molecular weight excluding hydrogens is 346 g/mol. The zero-order valence-corrected chi connectivity index (χ0v) is 14.9. The van der Waals surface area contributed by atoms with Gasteiger partial charge in [0.2, 0.25) is 0 Å². The van der Waals surface area contributed by atoms with Gasteiger partial charge in [0.05, 0.1) is 24.0 Å². The number of aliphatic hydroxyl groups excluding tert-OH is 1. The Balaban J connectivity index is 1.78. The van der Waals surface area contributed by atoms with Crippen LogP contribution in [-0.2, 0) is 19.1 Å². The van der Waals surface area contributed by atoms with Crippen LogP contribution in [0.15, 0.2) is 29.2 Å². The fraction of sp³-hybridized carbons (Fsp3) is 0.588. The van der Waals surface area contributed by atoms with Crippen LogP contribution < -0.4 is 0 Å². The molecule has 2 aliphatic rings. The quantitative estimate of drug-likeness (QED) is 0.721. The molecule has 0 unspecified atom stereocenters. The Morgan fingerprint density at radius 2 is 2.04 bits per heavy atom. The van der Waals surface area contributed by atoms with E-state index in [1.54, 1.807) is 12.1 Å². The fourth-order valence-corrected chi connectivity index (χ4v) is 5.01. The second kappa shape index (κ2) is 6.68. The fourth-order valence-electron chi connectivity index (χ4n) is 4.08. The van der Waals surface area contributed by atoms with Crippen molar-refractivity contribution in [3.8, 4) is 0 Å². The lowest BCUT2D eigenvalue weighted by molar-refractivity contribution is -0.142. The molecule has 1 aromatic rings. The molecule has 2 saturated heterocycles. The highest BCUT2D eigenvalue weighted by Gasteiger charge is 2.56. The second-order valence-corrected chi connectivity index (χ2v) is 8.56. The van der Waals surface area contributed by atoms with E-state index in [9.17, 15) is 23.4 Å². The van der Waals surface area contributed by atoms with Crippen LogP contribution in [-0.4, -0.2) is 60.8 Å². The molecule has 0 amide bonds. The molecule has 0 saturated carbocycles. The molecule has 7 nitrogen and oxygen atoms in total. The Labute approximate surface area is 147 Å². The minimum absolute atomic E-state index is 0.0535. The maximum atomic E-state index is 12.4. The van der Waals surface area contributed by atoms with E-state index in [1.165, 1.54) is 12.1 Å². The van der Waals surface area contributed by atoms with Crippen molar-refractivity contribution in [3.63, 3.8) is 0 Å². The van der Waals surface area contributed by atoms with Gasteiger partial charge in [0.1, 0.15) is 0 Å². The van der Waals surface area contributed by atoms with E-state index in [1.807, 2.05) is 11.8 Å². The first-order chi connectivity index (χ1) is 11.8. The summed E-state index contributed by atoms with van der Waals surface area (Å²) in [6.45, 7) is 2.14. The number of hydrogen-bond acceptors (Lipinski definition) is 6. The Bertz CT molecular complexity index is 747. The minimum atomic E-state index is -3.95. The zero-order chi connectivity index (χ0) is 18.2. The molecule has 138 valence electrons. The first-order valence-electron chi connectivity index (χ1n) is 8.36. The highest BCUT2D eigenvalue weighted by atomic mass is 32.2. The van der Waals surface area contributed by atoms with Crippen LogP contribution in [0.25, 0.3) is 0 Å². The number of aliphatic hydroxyl groups is 1. The van der Waals surface area contributed by atoms with Crippen LogP contribution in [0.4, 0.5) is 0 Å². The summed E-state index contributed by atoms with van der Waals surface area (Å²) in [5.41, 5.74) is 0.371. The van der Waals surface area contributed by atoms with Crippen molar-refractivity contribution in [1.29, 1.82) is 0 Å². The lowest BCUT2D eigenvalue weighted by Gasteiger charge is -2.33. The third-order valence-corrected chi connectivity index (χ3v) is 6.73. The third-order valence-electron chi connectivity index (χ3n) is 5.43. The number of hydrogen-bond donors (Lipinski definition) is 2. The van der Waals surface area contributed by atoms with Gasteiger partial charge in [-0.2, -0.15) is 8.42 Å². The van der Waals surface area contributed by atoms with Gasteiger partial charge in [-0.05, 0) is 44.9 Å². The van der Waals surface area contributed by atoms with Crippen molar-refractivity contribution in [1.82, 2.24) is 4.90 Å². The smallest absolute Gasteiger partial charge is 0.308 e. The van der Waals surface area contributed by atoms with Gasteiger partial charge < -0.3 is 10.2 Å². The van der Waals surface area contributed by atoms with Gasteiger partial charge in [-0.1, -0.05) is 17.7 Å². The first kappa shape index (κ1) is 18.3. The average Bonchev–Trinajstić information content (AvgIpc) is 3.10. The number of carboxylic acid groups (broad SMARTS) is 1. The van der Waals surface area contributed by atoms with Gasteiger partial charge in [0.25, 0.3) is 10.1 Å². The standard InChI is InChI=1S/C17H23NO6S/c1-12-3-5-13(6-4-12)25(22,23)24-10-15-14(16(20)21)9-17(11-19)7-2-8-18(15)17/h3-6,14-15,19H,2,7-11H2,1H3,(H,20,21)/t14-,15-,17+/m0/s1. The van der Waals surface area contributed by atoms with E-state index in [0.717, 1.165) is 12.0 Å². The summed E-state index contributed by atoms with van der Waals surface area (Å²) >= 11 is 0. The summed E-state index contributed by atoms with van der Waals surface area (Å²) in [6.07, 6.45) is 1.89. The minimum Gasteiger partial charge on any atom is -0.481 e. The van der Waals surface area contributed by atoms with Crippen molar-refractivity contribution in [3.05, 3.63) is 29.8 Å². The van der Waals surface area contributed by atoms with Crippen LogP contribution in [0, 0.1) is 12.8 Å². The Kier molecular flexibility index (Phi) is 4.89. The van der Waals surface area contributed by atoms with Gasteiger partial charge >= 0.3 is 5.97 Å². The highest BCUT2D eigenvalue weighted by Crippen LogP contribution is 2.45. The third kappa shape index (κ3) is 3.31. The van der Waals surface area contributed by atoms with Crippen LogP contribution in [0.5, 0.6) is 0 Å². The molecule has 25 heavy (non-hydrogen) atoms. The number of carboxylic acids is 1. The maximum Gasteiger partial charge on any atom is 0.308 e. The monoisotopic (exact) mass is 369 g/mol. The topological polar surface area (TPSA) is 104 Å². The molecular formula is C17H23NO6S. The molecule has 2 fully saturated rings. The predicted octanol–water partition coefficient (Wildman–Crippen LogP) is 1.00. The molecule has 0 bridgehead atoms. The Morgan fingerprint density at radius 3 is 2.64 bits per heavy atom. The summed E-state index contributed by atoms with van der Waals surface area (Å²) in [4.78, 5) is 13.6. The number of rotatable bonds is 6. The van der Waals surface area contributed by atoms with E-state index in [2.05, 4.69) is 0 Å². The van der Waals surface area contributed by atoms with Crippen molar-refractivity contribution < 1.29 is 27.6 Å². The molecule has 3 rings (SSSR count). The Hall–Kier alpha value is -1.48. The first-order valence-corrected chi connectivity index (χ1v) is 9.76. The molecule has 2 heterocycles. The van der Waals surface area contributed by atoms with Gasteiger partial charge in [-0.15, -0.1) is 0 Å². The highest BCUT2D eigenvalue weighted by molar-refractivity contribution is 7.86. The number of aliphatic carboxylic acids is 1. The number of aryl methyl sites for hydroxylation is 1. The summed E-state index contributed by atoms with van der Waals surface area (Å²) < 4.78 is 30.0. The molecule has 1 aromatic carbocycles. The van der Waals surface area contributed by atoms with Gasteiger partial charge in [-0.25, -0.2) is 0 Å². The van der Waals surface area contributed by atoms with Crippen molar-refractivity contribution in [2.75, 3.05) is 19.8 Å². The van der Waals surface area contributed by atoms with E-state index in [-0.39, 0.29) is 18.1 Å². The van der Waals surface area contributed by atoms with Gasteiger partial charge in [-0.3, -0.25) is 13.9 Å². The molecule has 0 aliphatic carbocycles. The molecule has 2 aliphatic heterocycles. The van der Waals surface area contributed by atoms with Crippen molar-refractivity contribution in [2.45, 2.75) is 42.7 Å². The van der Waals surface area contributed by atoms with Crippen molar-refractivity contribution >= 4 is 16.1 Å². The second-order valence-electron chi connectivity index (χ2n) is 6.95. The summed E-state index contributed by atoms with van der Waals surface area (Å²) in [5, 5.41) is 19.3. The molecule has 2 N–H and O–H groups in total. The van der Waals surface area contributed by atoms with Crippen molar-refractivity contribution in [2.24, 2.45) is 5.92 Å². The van der Waals surface area contributed by atoms with Gasteiger partial charge in [0, 0.05) is 11.6 Å². The van der Waals surface area contributed by atoms with Crippen LogP contribution >= 0.6 is 0 Å². The van der Waals surface area contributed by atoms with E-state index < -0.39 is 33.6 Å². The summed E-state index contributed by atoms with van der Waals surface area (Å²) in [6, 6.07) is 5.75. The van der Waals surface area contributed by atoms with E-state index >= 15 is 0 Å². The number of fused-ring (bicyclic) bond motifs is 1. The molecule has 0 spiro atoms. The lowest BCUT2D eigenvalue weighted by Crippen LogP contribution is -2.47. The Morgan fingerprint density at radius 1 is 1.36 bits per heavy atom. The summed E-state index contributed by atoms with van der Waals surface area (Å²) in [7, 11) is -3.95. The normalized spacial score (nSPS) is 29.7. The zero-order valence-electron chi connectivity index (χ0n) is 14.1. The number of benzene rings is 1.